The smallest absolute Gasteiger partial charge is 0.872 e. The maximum atomic E-state index is 13.2. The maximum Gasteiger partial charge on any atom is 2.00 e. The van der Waals surface area contributed by atoms with E-state index in [1.54, 1.807) is 0 Å². The van der Waals surface area contributed by atoms with Crippen LogP contribution in [0.2, 0.25) is 0 Å². The number of carboxylic acids is 1. The van der Waals surface area contributed by atoms with Gasteiger partial charge >= 0.3 is 37.7 Å². The molecule has 0 aliphatic heterocycles. The van der Waals surface area contributed by atoms with Crippen LogP contribution in [0.5, 0.6) is 11.5 Å². The largest absolute Gasteiger partial charge is 2.00 e. The van der Waals surface area contributed by atoms with Crippen LogP contribution in [0.25, 0.3) is 0 Å². The monoisotopic (exact) mass is 446 g/mol. The minimum absolute atomic E-state index is 0. The number of rotatable bonds is 9. The number of methoxy groups -OCH3 is 1. The van der Waals surface area contributed by atoms with Crippen LogP contribution < -0.4 is 14.9 Å². The number of carbonyl (C=O) groups excluding carboxylic acids is 1. The third kappa shape index (κ3) is 7.41. The standard InChI is InChI=1S/C26H32O4.Ca/c1-17(2)11-14-21-20(16-13-19-9-7-6-8-10-19)23(26(28)29)24(27)22(25(21)30-5)15-12-18(3)4;/h6-12,27H,13-16H2,1-5H3,(H,28,29);/q;+2/p-2. The molecule has 0 bridgehead atoms. The van der Waals surface area contributed by atoms with Gasteiger partial charge in [0.1, 0.15) is 5.75 Å². The molecule has 0 amide bonds. The van der Waals surface area contributed by atoms with Crippen LogP contribution in [0, 0.1) is 0 Å². The predicted molar refractivity (Wildman–Crippen MR) is 123 cm³/mol. The van der Waals surface area contributed by atoms with Gasteiger partial charge in [0.05, 0.1) is 13.1 Å². The normalized spacial score (nSPS) is 10.1. The van der Waals surface area contributed by atoms with Gasteiger partial charge in [-0.15, -0.1) is 0 Å². The first-order valence-electron chi connectivity index (χ1n) is 10.2. The Balaban J connectivity index is 0.00000480. The molecule has 31 heavy (non-hydrogen) atoms. The molecule has 0 unspecified atom stereocenters. The predicted octanol–water partition coefficient (Wildman–Crippen LogP) is 3.55. The van der Waals surface area contributed by atoms with Crippen LogP contribution in [0.1, 0.15) is 60.3 Å². The van der Waals surface area contributed by atoms with Crippen molar-refractivity contribution in [2.24, 2.45) is 0 Å². The van der Waals surface area contributed by atoms with Gasteiger partial charge < -0.3 is 19.7 Å². The molecule has 0 aliphatic carbocycles. The Morgan fingerprint density at radius 3 is 1.94 bits per heavy atom. The quantitative estimate of drug-likeness (QED) is 0.436. The third-order valence-electron chi connectivity index (χ3n) is 5.06. The second-order valence-electron chi connectivity index (χ2n) is 7.92. The fourth-order valence-electron chi connectivity index (χ4n) is 3.53. The van der Waals surface area contributed by atoms with Gasteiger partial charge in [-0.25, -0.2) is 0 Å². The topological polar surface area (TPSA) is 72.4 Å². The molecule has 0 spiro atoms. The molecule has 2 aromatic carbocycles. The average Bonchev–Trinajstić information content (AvgIpc) is 2.69. The second-order valence-corrected chi connectivity index (χ2v) is 7.92. The van der Waals surface area contributed by atoms with Gasteiger partial charge in [0.2, 0.25) is 0 Å². The van der Waals surface area contributed by atoms with E-state index in [-0.39, 0.29) is 43.3 Å². The molecule has 2 rings (SSSR count). The molecule has 0 fully saturated rings. The van der Waals surface area contributed by atoms with E-state index in [0.29, 0.717) is 42.6 Å². The number of ether oxygens (including phenoxy) is 1. The van der Waals surface area contributed by atoms with Crippen molar-refractivity contribution in [3.8, 4) is 11.5 Å². The van der Waals surface area contributed by atoms with Crippen molar-refractivity contribution in [1.29, 1.82) is 0 Å². The Morgan fingerprint density at radius 2 is 1.45 bits per heavy atom. The van der Waals surface area contributed by atoms with E-state index in [9.17, 15) is 15.0 Å². The molecule has 0 aromatic heterocycles. The first-order valence-corrected chi connectivity index (χ1v) is 10.2. The number of allylic oxidation sites excluding steroid dienone is 4. The molecule has 4 nitrogen and oxygen atoms in total. The van der Waals surface area contributed by atoms with E-state index >= 15 is 0 Å². The van der Waals surface area contributed by atoms with Crippen LogP contribution in [-0.4, -0.2) is 50.8 Å². The Morgan fingerprint density at radius 1 is 0.903 bits per heavy atom. The molecule has 0 saturated carbocycles. The Kier molecular flexibility index (Phi) is 11.4. The molecule has 0 heterocycles. The molecule has 0 N–H and O–H groups in total. The third-order valence-corrected chi connectivity index (χ3v) is 5.06. The van der Waals surface area contributed by atoms with E-state index in [4.69, 9.17) is 4.74 Å². The summed E-state index contributed by atoms with van der Waals surface area (Å²) in [7, 11) is 1.53. The number of hydrogen-bond acceptors (Lipinski definition) is 4. The maximum absolute atomic E-state index is 13.2. The van der Waals surface area contributed by atoms with Gasteiger partial charge in [-0.1, -0.05) is 59.4 Å². The number of aryl methyl sites for hydroxylation is 1. The summed E-state index contributed by atoms with van der Waals surface area (Å²) in [5.74, 6) is -1.45. The summed E-state index contributed by atoms with van der Waals surface area (Å²) in [4.78, 5) is 12.1. The summed E-state index contributed by atoms with van der Waals surface area (Å²) in [5.41, 5.74) is 4.64. The van der Waals surface area contributed by atoms with Crippen molar-refractivity contribution in [2.75, 3.05) is 7.11 Å². The van der Waals surface area contributed by atoms with Gasteiger partial charge in [-0.2, -0.15) is 0 Å². The summed E-state index contributed by atoms with van der Waals surface area (Å²) in [6, 6.07) is 9.82. The summed E-state index contributed by atoms with van der Waals surface area (Å²) in [6.07, 6.45) is 5.81. The van der Waals surface area contributed by atoms with Crippen molar-refractivity contribution >= 4 is 43.7 Å². The number of benzene rings is 2. The zero-order valence-electron chi connectivity index (χ0n) is 19.2. The Bertz CT molecular complexity index is 951. The average molecular weight is 447 g/mol. The van der Waals surface area contributed by atoms with Crippen LogP contribution >= 0.6 is 0 Å². The molecule has 2 aromatic rings. The molecule has 0 atom stereocenters. The van der Waals surface area contributed by atoms with E-state index in [0.717, 1.165) is 22.3 Å². The molecule has 0 aliphatic rings. The van der Waals surface area contributed by atoms with Crippen LogP contribution in [0.15, 0.2) is 53.6 Å². The van der Waals surface area contributed by atoms with Crippen molar-refractivity contribution in [1.82, 2.24) is 0 Å². The minimum Gasteiger partial charge on any atom is -0.872 e. The number of carbonyl (C=O) groups is 1. The van der Waals surface area contributed by atoms with Crippen LogP contribution in [0.3, 0.4) is 0 Å². The minimum atomic E-state index is -1.43. The van der Waals surface area contributed by atoms with Crippen LogP contribution in [-0.2, 0) is 25.7 Å². The number of hydrogen-bond donors (Lipinski definition) is 0. The molecule has 0 radical (unpaired) electrons. The summed E-state index contributed by atoms with van der Waals surface area (Å²) < 4.78 is 5.68. The number of aromatic carboxylic acids is 1. The molecular weight excluding hydrogens is 416 g/mol. The molecule has 0 saturated heterocycles. The van der Waals surface area contributed by atoms with E-state index < -0.39 is 11.7 Å². The number of carboxylic acid groups (broad SMARTS) is 1. The molecule has 160 valence electrons. The summed E-state index contributed by atoms with van der Waals surface area (Å²) >= 11 is 0. The Hall–Kier alpha value is -1.75. The van der Waals surface area contributed by atoms with Gasteiger partial charge in [-0.05, 0) is 75.6 Å². The summed E-state index contributed by atoms with van der Waals surface area (Å²) in [6.45, 7) is 7.85. The van der Waals surface area contributed by atoms with Gasteiger partial charge in [0.25, 0.3) is 0 Å². The van der Waals surface area contributed by atoms with Crippen molar-refractivity contribution < 1.29 is 19.7 Å². The van der Waals surface area contributed by atoms with Gasteiger partial charge in [0, 0.05) is 5.56 Å². The van der Waals surface area contributed by atoms with E-state index in [1.807, 2.05) is 70.2 Å². The molecular formula is C26H30CaO4. The zero-order chi connectivity index (χ0) is 22.3. The second kappa shape index (κ2) is 12.9. The fourth-order valence-corrected chi connectivity index (χ4v) is 3.53. The van der Waals surface area contributed by atoms with E-state index in [2.05, 4.69) is 0 Å². The van der Waals surface area contributed by atoms with Crippen LogP contribution in [0.4, 0.5) is 0 Å². The van der Waals surface area contributed by atoms with E-state index in [1.165, 1.54) is 7.11 Å². The SMILES string of the molecule is COc1c(CC=C(C)C)c([O-])c(C(=O)[O-])c(CCc2ccccc2)c1CC=C(C)C.[Ca+2]. The van der Waals surface area contributed by atoms with Gasteiger partial charge in [0.15, 0.2) is 0 Å². The first-order chi connectivity index (χ1) is 14.3. The summed E-state index contributed by atoms with van der Waals surface area (Å²) in [5, 5.41) is 25.2. The zero-order valence-corrected chi connectivity index (χ0v) is 21.4. The first kappa shape index (κ1) is 27.3. The fraction of sp³-hybridized carbons (Fsp3) is 0.346. The van der Waals surface area contributed by atoms with Crippen molar-refractivity contribution in [2.45, 2.75) is 53.4 Å². The van der Waals surface area contributed by atoms with Crippen molar-refractivity contribution in [3.63, 3.8) is 0 Å². The molecule has 5 heteroatoms. The van der Waals surface area contributed by atoms with Crippen molar-refractivity contribution in [3.05, 3.63) is 81.4 Å². The van der Waals surface area contributed by atoms with Gasteiger partial charge in [-0.3, -0.25) is 0 Å². The Labute approximate surface area is 215 Å².